The molecule has 0 bridgehead atoms. The van der Waals surface area contributed by atoms with E-state index in [0.29, 0.717) is 12.0 Å². The normalized spacial score (nSPS) is 13.6. The standard InChI is InChI=1S/C12H19NO3S/c1-4-11(8-14)13-17(15,16)12-7-9(2)5-6-10(12)3/h5-7,11,13-14H,4,8H2,1-3H3/t11-/m1/s1. The van der Waals surface area contributed by atoms with E-state index in [1.54, 1.807) is 19.1 Å². The van der Waals surface area contributed by atoms with Crippen LogP contribution in [0, 0.1) is 13.8 Å². The molecule has 1 rings (SSSR count). The van der Waals surface area contributed by atoms with Crippen LogP contribution in [0.2, 0.25) is 0 Å². The number of aryl methyl sites for hydroxylation is 2. The Morgan fingerprint density at radius 2 is 2.00 bits per heavy atom. The van der Waals surface area contributed by atoms with Crippen LogP contribution in [0.3, 0.4) is 0 Å². The summed E-state index contributed by atoms with van der Waals surface area (Å²) < 4.78 is 26.7. The van der Waals surface area contributed by atoms with Crippen LogP contribution in [0.5, 0.6) is 0 Å². The summed E-state index contributed by atoms with van der Waals surface area (Å²) in [5.74, 6) is 0. The zero-order chi connectivity index (χ0) is 13.1. The molecule has 2 N–H and O–H groups in total. The van der Waals surface area contributed by atoms with Crippen molar-refractivity contribution in [3.8, 4) is 0 Å². The highest BCUT2D eigenvalue weighted by Gasteiger charge is 2.20. The Labute approximate surface area is 103 Å². The highest BCUT2D eigenvalue weighted by Crippen LogP contribution is 2.17. The number of aliphatic hydroxyl groups excluding tert-OH is 1. The fourth-order valence-electron chi connectivity index (χ4n) is 1.53. The quantitative estimate of drug-likeness (QED) is 0.837. The van der Waals surface area contributed by atoms with Crippen molar-refractivity contribution in [3.05, 3.63) is 29.3 Å². The Bertz CT molecular complexity index is 479. The average Bonchev–Trinajstić information content (AvgIpc) is 2.29. The third-order valence-corrected chi connectivity index (χ3v) is 4.33. The van der Waals surface area contributed by atoms with Crippen LogP contribution < -0.4 is 4.72 Å². The molecular weight excluding hydrogens is 238 g/mol. The van der Waals surface area contributed by atoms with Crippen molar-refractivity contribution in [1.29, 1.82) is 0 Å². The van der Waals surface area contributed by atoms with Gasteiger partial charge in [-0.1, -0.05) is 19.1 Å². The number of benzene rings is 1. The van der Waals surface area contributed by atoms with Crippen LogP contribution in [-0.4, -0.2) is 26.2 Å². The number of sulfonamides is 1. The minimum absolute atomic E-state index is 0.194. The number of aliphatic hydroxyl groups is 1. The molecule has 0 aliphatic carbocycles. The van der Waals surface area contributed by atoms with Gasteiger partial charge in [-0.05, 0) is 37.5 Å². The lowest BCUT2D eigenvalue weighted by Crippen LogP contribution is -2.37. The molecule has 17 heavy (non-hydrogen) atoms. The summed E-state index contributed by atoms with van der Waals surface area (Å²) >= 11 is 0. The van der Waals surface area contributed by atoms with Gasteiger partial charge in [-0.25, -0.2) is 13.1 Å². The second-order valence-corrected chi connectivity index (χ2v) is 5.86. The van der Waals surface area contributed by atoms with Crippen molar-refractivity contribution < 1.29 is 13.5 Å². The summed E-state index contributed by atoms with van der Waals surface area (Å²) in [6, 6.07) is 4.86. The first-order valence-electron chi connectivity index (χ1n) is 5.61. The van der Waals surface area contributed by atoms with Gasteiger partial charge in [-0.2, -0.15) is 0 Å². The van der Waals surface area contributed by atoms with E-state index < -0.39 is 16.1 Å². The molecule has 0 saturated heterocycles. The minimum atomic E-state index is -3.55. The number of rotatable bonds is 5. The fourth-order valence-corrected chi connectivity index (χ4v) is 3.17. The Morgan fingerprint density at radius 1 is 1.35 bits per heavy atom. The molecule has 96 valence electrons. The Kier molecular flexibility index (Phi) is 4.68. The molecule has 1 atom stereocenters. The summed E-state index contributed by atoms with van der Waals surface area (Å²) in [6.07, 6.45) is 0.556. The van der Waals surface area contributed by atoms with Gasteiger partial charge < -0.3 is 5.11 Å². The maximum absolute atomic E-state index is 12.1. The van der Waals surface area contributed by atoms with E-state index in [9.17, 15) is 8.42 Å². The lowest BCUT2D eigenvalue weighted by molar-refractivity contribution is 0.254. The smallest absolute Gasteiger partial charge is 0.241 e. The molecule has 0 heterocycles. The van der Waals surface area contributed by atoms with E-state index in [2.05, 4.69) is 4.72 Å². The SMILES string of the molecule is CC[C@H](CO)NS(=O)(=O)c1cc(C)ccc1C. The number of nitrogens with one attached hydrogen (secondary N) is 1. The lowest BCUT2D eigenvalue weighted by atomic mass is 10.2. The third-order valence-electron chi connectivity index (χ3n) is 2.67. The zero-order valence-corrected chi connectivity index (χ0v) is 11.2. The van der Waals surface area contributed by atoms with E-state index in [1.807, 2.05) is 19.9 Å². The van der Waals surface area contributed by atoms with Crippen LogP contribution >= 0.6 is 0 Å². The van der Waals surface area contributed by atoms with Gasteiger partial charge in [-0.15, -0.1) is 0 Å². The molecule has 0 aromatic heterocycles. The second kappa shape index (κ2) is 5.62. The highest BCUT2D eigenvalue weighted by atomic mass is 32.2. The first-order valence-corrected chi connectivity index (χ1v) is 7.09. The molecule has 5 heteroatoms. The Balaban J connectivity index is 3.09. The summed E-state index contributed by atoms with van der Waals surface area (Å²) in [5, 5.41) is 9.03. The van der Waals surface area contributed by atoms with E-state index in [4.69, 9.17) is 5.11 Å². The first kappa shape index (κ1) is 14.2. The second-order valence-electron chi connectivity index (χ2n) is 4.18. The molecular formula is C12H19NO3S. The molecule has 1 aromatic carbocycles. The van der Waals surface area contributed by atoms with Crippen LogP contribution in [0.4, 0.5) is 0 Å². The largest absolute Gasteiger partial charge is 0.395 e. The average molecular weight is 257 g/mol. The molecule has 0 aliphatic rings. The van der Waals surface area contributed by atoms with Gasteiger partial charge in [0.05, 0.1) is 11.5 Å². The van der Waals surface area contributed by atoms with Crippen molar-refractivity contribution in [2.24, 2.45) is 0 Å². The van der Waals surface area contributed by atoms with Gasteiger partial charge >= 0.3 is 0 Å². The van der Waals surface area contributed by atoms with Crippen molar-refractivity contribution >= 4 is 10.0 Å². The molecule has 0 saturated carbocycles. The topological polar surface area (TPSA) is 66.4 Å². The molecule has 0 aliphatic heterocycles. The van der Waals surface area contributed by atoms with Crippen molar-refractivity contribution in [1.82, 2.24) is 4.72 Å². The monoisotopic (exact) mass is 257 g/mol. The number of hydrogen-bond acceptors (Lipinski definition) is 3. The molecule has 0 amide bonds. The van der Waals surface area contributed by atoms with E-state index in [1.165, 1.54) is 0 Å². The van der Waals surface area contributed by atoms with Crippen molar-refractivity contribution in [3.63, 3.8) is 0 Å². The summed E-state index contributed by atoms with van der Waals surface area (Å²) in [4.78, 5) is 0.282. The van der Waals surface area contributed by atoms with Crippen LogP contribution in [0.15, 0.2) is 23.1 Å². The molecule has 0 spiro atoms. The van der Waals surface area contributed by atoms with Crippen LogP contribution in [-0.2, 0) is 10.0 Å². The fraction of sp³-hybridized carbons (Fsp3) is 0.500. The first-order chi connectivity index (χ1) is 7.90. The van der Waals surface area contributed by atoms with E-state index in [-0.39, 0.29) is 11.5 Å². The summed E-state index contributed by atoms with van der Waals surface area (Å²) in [6.45, 7) is 5.24. The highest BCUT2D eigenvalue weighted by molar-refractivity contribution is 7.89. The van der Waals surface area contributed by atoms with Crippen molar-refractivity contribution in [2.75, 3.05) is 6.61 Å². The predicted molar refractivity (Wildman–Crippen MR) is 67.4 cm³/mol. The molecule has 1 aromatic rings. The minimum Gasteiger partial charge on any atom is -0.395 e. The third kappa shape index (κ3) is 3.52. The maximum atomic E-state index is 12.1. The van der Waals surface area contributed by atoms with Gasteiger partial charge in [0.2, 0.25) is 10.0 Å². The zero-order valence-electron chi connectivity index (χ0n) is 10.4. The Morgan fingerprint density at radius 3 is 2.53 bits per heavy atom. The van der Waals surface area contributed by atoms with Gasteiger partial charge in [0.25, 0.3) is 0 Å². The predicted octanol–water partition coefficient (Wildman–Crippen LogP) is 1.35. The molecule has 4 nitrogen and oxygen atoms in total. The molecule has 0 unspecified atom stereocenters. The maximum Gasteiger partial charge on any atom is 0.241 e. The van der Waals surface area contributed by atoms with E-state index >= 15 is 0 Å². The molecule has 0 radical (unpaired) electrons. The van der Waals surface area contributed by atoms with Crippen LogP contribution in [0.1, 0.15) is 24.5 Å². The van der Waals surface area contributed by atoms with Gasteiger partial charge in [-0.3, -0.25) is 0 Å². The summed E-state index contributed by atoms with van der Waals surface area (Å²) in [5.41, 5.74) is 1.60. The number of hydrogen-bond donors (Lipinski definition) is 2. The molecule has 0 fully saturated rings. The van der Waals surface area contributed by atoms with E-state index in [0.717, 1.165) is 5.56 Å². The lowest BCUT2D eigenvalue weighted by Gasteiger charge is -2.16. The van der Waals surface area contributed by atoms with Gasteiger partial charge in [0.15, 0.2) is 0 Å². The van der Waals surface area contributed by atoms with Crippen molar-refractivity contribution in [2.45, 2.75) is 38.1 Å². The summed E-state index contributed by atoms with van der Waals surface area (Å²) in [7, 11) is -3.55. The van der Waals surface area contributed by atoms with Gasteiger partial charge in [0.1, 0.15) is 0 Å². The Hall–Kier alpha value is -0.910. The van der Waals surface area contributed by atoms with Crippen LogP contribution in [0.25, 0.3) is 0 Å². The van der Waals surface area contributed by atoms with Gasteiger partial charge in [0, 0.05) is 6.04 Å².